The van der Waals surface area contributed by atoms with E-state index in [4.69, 9.17) is 23.7 Å². The molecular formula is C44H39NO6. The van der Waals surface area contributed by atoms with Crippen molar-refractivity contribution in [1.82, 2.24) is 0 Å². The smallest absolute Gasteiger partial charge is 0.130 e. The van der Waals surface area contributed by atoms with Crippen molar-refractivity contribution in [3.63, 3.8) is 0 Å². The highest BCUT2D eigenvalue weighted by molar-refractivity contribution is 6.14. The van der Waals surface area contributed by atoms with E-state index in [9.17, 15) is 5.11 Å². The fraction of sp³-hybridized carbons (Fsp3) is 0.182. The average molecular weight is 678 g/mol. The number of ether oxygens (including phenoxy) is 5. The number of benzene rings is 6. The van der Waals surface area contributed by atoms with Crippen LogP contribution in [0.5, 0.6) is 28.7 Å². The van der Waals surface area contributed by atoms with Crippen LogP contribution >= 0.6 is 0 Å². The first-order chi connectivity index (χ1) is 24.8. The molecule has 256 valence electrons. The maximum Gasteiger partial charge on any atom is 0.130 e. The first kappa shape index (κ1) is 32.3. The van der Waals surface area contributed by atoms with Crippen LogP contribution in [0.2, 0.25) is 0 Å². The molecule has 0 aromatic heterocycles. The van der Waals surface area contributed by atoms with Crippen molar-refractivity contribution >= 4 is 22.5 Å². The lowest BCUT2D eigenvalue weighted by Gasteiger charge is -2.39. The Kier molecular flexibility index (Phi) is 7.69. The largest absolute Gasteiger partial charge is 0.497 e. The van der Waals surface area contributed by atoms with E-state index in [1.165, 1.54) is 0 Å². The van der Waals surface area contributed by atoms with Gasteiger partial charge in [-0.1, -0.05) is 54.6 Å². The van der Waals surface area contributed by atoms with Crippen molar-refractivity contribution in [2.24, 2.45) is 0 Å². The molecule has 7 heteroatoms. The summed E-state index contributed by atoms with van der Waals surface area (Å²) in [6, 6.07) is 34.4. The molecule has 1 aliphatic heterocycles. The molecule has 8 rings (SSSR count). The summed E-state index contributed by atoms with van der Waals surface area (Å²) in [5.74, 6) is 3.58. The molecule has 0 amide bonds. The Balaban J connectivity index is 1.47. The van der Waals surface area contributed by atoms with Crippen LogP contribution in [0.15, 0.2) is 109 Å². The molecule has 1 aliphatic carbocycles. The van der Waals surface area contributed by atoms with E-state index in [0.717, 1.165) is 78.0 Å². The highest BCUT2D eigenvalue weighted by atomic mass is 16.5. The molecule has 2 aliphatic rings. The van der Waals surface area contributed by atoms with Gasteiger partial charge < -0.3 is 34.1 Å². The lowest BCUT2D eigenvalue weighted by molar-refractivity contribution is 0.107. The van der Waals surface area contributed by atoms with Crippen LogP contribution in [0.1, 0.15) is 34.7 Å². The van der Waals surface area contributed by atoms with Gasteiger partial charge in [0.15, 0.2) is 0 Å². The van der Waals surface area contributed by atoms with Gasteiger partial charge in [-0.25, -0.2) is 0 Å². The molecule has 1 unspecified atom stereocenters. The topological polar surface area (TPSA) is 78.4 Å². The third-order valence-electron chi connectivity index (χ3n) is 10.5. The van der Waals surface area contributed by atoms with E-state index in [2.05, 4.69) is 59.9 Å². The van der Waals surface area contributed by atoms with Gasteiger partial charge in [0.2, 0.25) is 0 Å². The van der Waals surface area contributed by atoms with Gasteiger partial charge in [-0.05, 0) is 94.7 Å². The van der Waals surface area contributed by atoms with Crippen LogP contribution in [0.25, 0.3) is 39.1 Å². The van der Waals surface area contributed by atoms with E-state index in [1.807, 2.05) is 67.6 Å². The highest BCUT2D eigenvalue weighted by Gasteiger charge is 2.44. The number of fused-ring (bicyclic) bond motifs is 8. The van der Waals surface area contributed by atoms with Crippen LogP contribution in [0.4, 0.5) is 5.69 Å². The number of methoxy groups -OCH3 is 5. The van der Waals surface area contributed by atoms with Gasteiger partial charge >= 0.3 is 0 Å². The van der Waals surface area contributed by atoms with Crippen molar-refractivity contribution in [3.05, 3.63) is 137 Å². The lowest BCUT2D eigenvalue weighted by atomic mass is 9.76. The van der Waals surface area contributed by atoms with Crippen LogP contribution in [-0.2, 0) is 11.1 Å². The third-order valence-corrected chi connectivity index (χ3v) is 10.5. The molecule has 6 aromatic carbocycles. The molecule has 7 nitrogen and oxygen atoms in total. The molecule has 0 saturated carbocycles. The Morgan fingerprint density at radius 2 is 1.16 bits per heavy atom. The van der Waals surface area contributed by atoms with Crippen LogP contribution in [0.3, 0.4) is 0 Å². The molecule has 0 radical (unpaired) electrons. The maximum absolute atomic E-state index is 12.4. The zero-order chi connectivity index (χ0) is 35.5. The molecular weight excluding hydrogens is 638 g/mol. The summed E-state index contributed by atoms with van der Waals surface area (Å²) in [7, 11) is 8.32. The van der Waals surface area contributed by atoms with E-state index >= 15 is 0 Å². The third kappa shape index (κ3) is 4.83. The minimum Gasteiger partial charge on any atom is -0.497 e. The van der Waals surface area contributed by atoms with E-state index in [-0.39, 0.29) is 0 Å². The second kappa shape index (κ2) is 12.1. The van der Waals surface area contributed by atoms with Gasteiger partial charge in [0.05, 0.1) is 41.2 Å². The summed E-state index contributed by atoms with van der Waals surface area (Å²) in [6.07, 6.45) is 4.36. The van der Waals surface area contributed by atoms with Crippen molar-refractivity contribution in [2.75, 3.05) is 40.9 Å². The second-order valence-electron chi connectivity index (χ2n) is 13.0. The lowest BCUT2D eigenvalue weighted by Crippen LogP contribution is -2.37. The van der Waals surface area contributed by atoms with E-state index in [0.29, 0.717) is 17.2 Å². The Morgan fingerprint density at radius 1 is 0.569 bits per heavy atom. The average Bonchev–Trinajstić information content (AvgIpc) is 3.43. The molecule has 0 spiro atoms. The Labute approximate surface area is 297 Å². The molecule has 0 saturated heterocycles. The molecule has 0 bridgehead atoms. The predicted octanol–water partition coefficient (Wildman–Crippen LogP) is 9.17. The zero-order valence-electron chi connectivity index (χ0n) is 29.5. The number of rotatable bonds is 8. The molecule has 6 aromatic rings. The SMILES string of the molecule is COc1ccc(C2(c3ccc(OC)cc3)C=Cc3c4c(c5cc(OC)c(-c6ccc(OC)cc6OC)cc5c3N2)-c2ccccc2C4(C)O)cc1. The standard InChI is InChI=1S/C44H39NO6/c1-43(46)37-10-8-7-9-32(37)40-35-25-39(51-6)34(31-20-19-30(49-4)23-38(31)50-5)24-36(35)42-33(41(40)43)21-22-44(45-42,26-11-15-28(47-2)16-12-26)27-13-17-29(48-3)18-14-27/h7-25,45-46H,1-6H3. The monoisotopic (exact) mass is 677 g/mol. The van der Waals surface area contributed by atoms with Crippen molar-refractivity contribution in [2.45, 2.75) is 18.1 Å². The maximum atomic E-state index is 12.4. The van der Waals surface area contributed by atoms with Gasteiger partial charge in [0.25, 0.3) is 0 Å². The Bertz CT molecular complexity index is 2290. The number of nitrogens with one attached hydrogen (secondary N) is 1. The minimum atomic E-state index is -1.25. The van der Waals surface area contributed by atoms with E-state index < -0.39 is 11.1 Å². The Hall–Kier alpha value is -5.92. The van der Waals surface area contributed by atoms with Gasteiger partial charge in [-0.3, -0.25) is 0 Å². The summed E-state index contributed by atoms with van der Waals surface area (Å²) >= 11 is 0. The molecule has 0 fully saturated rings. The van der Waals surface area contributed by atoms with Crippen molar-refractivity contribution in [1.29, 1.82) is 0 Å². The molecule has 2 N–H and O–H groups in total. The fourth-order valence-electron chi connectivity index (χ4n) is 7.94. The van der Waals surface area contributed by atoms with Crippen LogP contribution in [-0.4, -0.2) is 40.7 Å². The number of anilines is 1. The molecule has 1 atom stereocenters. The second-order valence-corrected chi connectivity index (χ2v) is 13.0. The first-order valence-electron chi connectivity index (χ1n) is 16.8. The van der Waals surface area contributed by atoms with Crippen molar-refractivity contribution in [3.8, 4) is 51.0 Å². The fourth-order valence-corrected chi connectivity index (χ4v) is 7.94. The molecule has 1 heterocycles. The summed E-state index contributed by atoms with van der Waals surface area (Å²) in [4.78, 5) is 0. The summed E-state index contributed by atoms with van der Waals surface area (Å²) < 4.78 is 28.6. The first-order valence-corrected chi connectivity index (χ1v) is 16.8. The normalized spacial score (nSPS) is 16.5. The van der Waals surface area contributed by atoms with Gasteiger partial charge in [-0.15, -0.1) is 0 Å². The number of aliphatic hydroxyl groups is 1. The van der Waals surface area contributed by atoms with E-state index in [1.54, 1.807) is 35.5 Å². The highest BCUT2D eigenvalue weighted by Crippen LogP contribution is 2.58. The predicted molar refractivity (Wildman–Crippen MR) is 203 cm³/mol. The summed E-state index contributed by atoms with van der Waals surface area (Å²) in [6.45, 7) is 1.89. The number of hydrogen-bond acceptors (Lipinski definition) is 7. The quantitative estimate of drug-likeness (QED) is 0.166. The minimum absolute atomic E-state index is 0.661. The Morgan fingerprint density at radius 3 is 1.76 bits per heavy atom. The summed E-state index contributed by atoms with van der Waals surface area (Å²) in [5, 5.41) is 18.4. The van der Waals surface area contributed by atoms with Gasteiger partial charge in [-0.2, -0.15) is 0 Å². The van der Waals surface area contributed by atoms with Gasteiger partial charge in [0.1, 0.15) is 39.9 Å². The van der Waals surface area contributed by atoms with Crippen molar-refractivity contribution < 1.29 is 28.8 Å². The summed E-state index contributed by atoms with van der Waals surface area (Å²) in [5.41, 5.74) is 7.24. The zero-order valence-corrected chi connectivity index (χ0v) is 29.5. The van der Waals surface area contributed by atoms with Crippen LogP contribution in [0, 0.1) is 0 Å². The van der Waals surface area contributed by atoms with Gasteiger partial charge in [0, 0.05) is 33.7 Å². The van der Waals surface area contributed by atoms with Crippen LogP contribution < -0.4 is 29.0 Å². The molecule has 51 heavy (non-hydrogen) atoms. The number of hydrogen-bond donors (Lipinski definition) is 2.